The molecule has 3 nitrogen and oxygen atoms in total. The fraction of sp³-hybridized carbons (Fsp3) is 1.00. The number of aliphatic hydroxyl groups excluding tert-OH is 1. The van der Waals surface area contributed by atoms with Gasteiger partial charge in [0.15, 0.2) is 0 Å². The Labute approximate surface area is 132 Å². The van der Waals surface area contributed by atoms with Crippen LogP contribution in [0.4, 0.5) is 0 Å². The van der Waals surface area contributed by atoms with Crippen LogP contribution in [-0.4, -0.2) is 48.3 Å². The molecule has 0 bridgehead atoms. The SMILES string of the molecule is CCCNC1CCCCCC1CN(CCO)C(CC)CC. The van der Waals surface area contributed by atoms with E-state index >= 15 is 0 Å². The summed E-state index contributed by atoms with van der Waals surface area (Å²) < 4.78 is 0. The summed E-state index contributed by atoms with van der Waals surface area (Å²) >= 11 is 0. The first kappa shape index (κ1) is 18.9. The molecule has 126 valence electrons. The van der Waals surface area contributed by atoms with Gasteiger partial charge in [0.2, 0.25) is 0 Å². The summed E-state index contributed by atoms with van der Waals surface area (Å²) in [5.74, 6) is 0.756. The quantitative estimate of drug-likeness (QED) is 0.607. The number of nitrogens with zero attached hydrogens (tertiary/aromatic N) is 1. The molecule has 0 aromatic carbocycles. The molecule has 0 radical (unpaired) electrons. The van der Waals surface area contributed by atoms with Crippen LogP contribution in [0.1, 0.15) is 72.1 Å². The molecule has 0 spiro atoms. The van der Waals surface area contributed by atoms with E-state index in [0.717, 1.165) is 25.6 Å². The van der Waals surface area contributed by atoms with Crippen LogP contribution < -0.4 is 5.32 Å². The van der Waals surface area contributed by atoms with Crippen molar-refractivity contribution in [2.45, 2.75) is 84.2 Å². The maximum absolute atomic E-state index is 9.41. The van der Waals surface area contributed by atoms with Crippen LogP contribution in [0.3, 0.4) is 0 Å². The van der Waals surface area contributed by atoms with E-state index in [-0.39, 0.29) is 6.61 Å². The third-order valence-corrected chi connectivity index (χ3v) is 5.13. The number of rotatable bonds is 10. The van der Waals surface area contributed by atoms with E-state index in [0.29, 0.717) is 12.1 Å². The summed E-state index contributed by atoms with van der Waals surface area (Å²) in [5, 5.41) is 13.2. The Bertz CT molecular complexity index is 243. The van der Waals surface area contributed by atoms with Crippen LogP contribution >= 0.6 is 0 Å². The van der Waals surface area contributed by atoms with Gasteiger partial charge in [-0.25, -0.2) is 0 Å². The molecule has 3 heteroatoms. The zero-order chi connectivity index (χ0) is 15.5. The molecular formula is C18H38N2O. The van der Waals surface area contributed by atoms with Crippen molar-refractivity contribution in [2.75, 3.05) is 26.2 Å². The Morgan fingerprint density at radius 2 is 1.81 bits per heavy atom. The summed E-state index contributed by atoms with van der Waals surface area (Å²) in [4.78, 5) is 2.55. The first-order valence-corrected chi connectivity index (χ1v) is 9.35. The standard InChI is InChI=1S/C18H38N2O/c1-4-12-19-18-11-9-7-8-10-16(18)15-20(13-14-21)17(5-2)6-3/h16-19,21H,4-15H2,1-3H3. The monoisotopic (exact) mass is 298 g/mol. The van der Waals surface area contributed by atoms with Gasteiger partial charge in [0.25, 0.3) is 0 Å². The molecule has 0 aliphatic heterocycles. The third-order valence-electron chi connectivity index (χ3n) is 5.13. The smallest absolute Gasteiger partial charge is 0.0558 e. The molecule has 1 aliphatic carbocycles. The maximum atomic E-state index is 9.41. The summed E-state index contributed by atoms with van der Waals surface area (Å²) in [6, 6.07) is 1.32. The van der Waals surface area contributed by atoms with Crippen molar-refractivity contribution < 1.29 is 5.11 Å². The molecule has 0 aromatic rings. The normalized spacial score (nSPS) is 23.7. The van der Waals surface area contributed by atoms with Crippen molar-refractivity contribution >= 4 is 0 Å². The topological polar surface area (TPSA) is 35.5 Å². The Morgan fingerprint density at radius 3 is 2.43 bits per heavy atom. The summed E-state index contributed by atoms with van der Waals surface area (Å²) in [5.41, 5.74) is 0. The van der Waals surface area contributed by atoms with Crippen molar-refractivity contribution in [3.05, 3.63) is 0 Å². The molecule has 2 atom stereocenters. The highest BCUT2D eigenvalue weighted by Crippen LogP contribution is 2.25. The second kappa shape index (κ2) is 11.4. The summed E-state index contributed by atoms with van der Waals surface area (Å²) in [7, 11) is 0. The average molecular weight is 299 g/mol. The first-order chi connectivity index (χ1) is 10.3. The van der Waals surface area contributed by atoms with E-state index in [2.05, 4.69) is 31.0 Å². The molecule has 1 aliphatic rings. The molecule has 0 amide bonds. The predicted octanol–water partition coefficient (Wildman–Crippen LogP) is 3.42. The number of hydrogen-bond acceptors (Lipinski definition) is 3. The van der Waals surface area contributed by atoms with Gasteiger partial charge in [-0.05, 0) is 44.6 Å². The fourth-order valence-corrected chi connectivity index (χ4v) is 3.86. The van der Waals surface area contributed by atoms with Crippen molar-refractivity contribution in [1.29, 1.82) is 0 Å². The minimum Gasteiger partial charge on any atom is -0.395 e. The van der Waals surface area contributed by atoms with E-state index in [1.807, 2.05) is 0 Å². The van der Waals surface area contributed by atoms with Crippen molar-refractivity contribution in [3.63, 3.8) is 0 Å². The van der Waals surface area contributed by atoms with E-state index in [9.17, 15) is 5.11 Å². The lowest BCUT2D eigenvalue weighted by molar-refractivity contribution is 0.110. The minimum absolute atomic E-state index is 0.288. The van der Waals surface area contributed by atoms with E-state index in [1.54, 1.807) is 0 Å². The number of aliphatic hydroxyl groups is 1. The van der Waals surface area contributed by atoms with Gasteiger partial charge in [0.05, 0.1) is 6.61 Å². The van der Waals surface area contributed by atoms with Gasteiger partial charge in [-0.1, -0.05) is 40.0 Å². The molecule has 2 unspecified atom stereocenters. The van der Waals surface area contributed by atoms with Gasteiger partial charge in [-0.15, -0.1) is 0 Å². The van der Waals surface area contributed by atoms with Crippen molar-refractivity contribution in [2.24, 2.45) is 5.92 Å². The van der Waals surface area contributed by atoms with E-state index in [1.165, 1.54) is 51.4 Å². The highest BCUT2D eigenvalue weighted by Gasteiger charge is 2.27. The van der Waals surface area contributed by atoms with Crippen LogP contribution in [0.2, 0.25) is 0 Å². The first-order valence-electron chi connectivity index (χ1n) is 9.35. The molecule has 1 saturated carbocycles. The van der Waals surface area contributed by atoms with Gasteiger partial charge in [0.1, 0.15) is 0 Å². The Balaban J connectivity index is 2.65. The molecule has 1 rings (SSSR count). The van der Waals surface area contributed by atoms with Gasteiger partial charge < -0.3 is 10.4 Å². The van der Waals surface area contributed by atoms with Gasteiger partial charge >= 0.3 is 0 Å². The third kappa shape index (κ3) is 6.66. The largest absolute Gasteiger partial charge is 0.395 e. The molecule has 21 heavy (non-hydrogen) atoms. The molecule has 2 N–H and O–H groups in total. The van der Waals surface area contributed by atoms with Crippen LogP contribution in [0.15, 0.2) is 0 Å². The number of hydrogen-bond donors (Lipinski definition) is 2. The maximum Gasteiger partial charge on any atom is 0.0558 e. The fourth-order valence-electron chi connectivity index (χ4n) is 3.86. The van der Waals surface area contributed by atoms with E-state index < -0.39 is 0 Å². The molecule has 1 fully saturated rings. The second-order valence-electron chi connectivity index (χ2n) is 6.65. The van der Waals surface area contributed by atoms with Gasteiger partial charge in [0, 0.05) is 25.2 Å². The Morgan fingerprint density at radius 1 is 1.10 bits per heavy atom. The van der Waals surface area contributed by atoms with Crippen molar-refractivity contribution in [1.82, 2.24) is 10.2 Å². The lowest BCUT2D eigenvalue weighted by atomic mass is 9.93. The lowest BCUT2D eigenvalue weighted by Gasteiger charge is -2.36. The second-order valence-corrected chi connectivity index (χ2v) is 6.65. The summed E-state index contributed by atoms with van der Waals surface area (Å²) in [6.45, 7) is 10.2. The summed E-state index contributed by atoms with van der Waals surface area (Å²) in [6.07, 6.45) is 10.4. The van der Waals surface area contributed by atoms with Crippen LogP contribution in [-0.2, 0) is 0 Å². The lowest BCUT2D eigenvalue weighted by Crippen LogP contribution is -2.46. The Hall–Kier alpha value is -0.120. The van der Waals surface area contributed by atoms with Crippen LogP contribution in [0.5, 0.6) is 0 Å². The molecular weight excluding hydrogens is 260 g/mol. The number of nitrogens with one attached hydrogen (secondary N) is 1. The Kier molecular flexibility index (Phi) is 10.3. The van der Waals surface area contributed by atoms with Crippen molar-refractivity contribution in [3.8, 4) is 0 Å². The van der Waals surface area contributed by atoms with Gasteiger partial charge in [-0.3, -0.25) is 4.90 Å². The predicted molar refractivity (Wildman–Crippen MR) is 91.7 cm³/mol. The molecule has 0 heterocycles. The molecule has 0 aromatic heterocycles. The molecule has 0 saturated heterocycles. The zero-order valence-corrected chi connectivity index (χ0v) is 14.6. The minimum atomic E-state index is 0.288. The van der Waals surface area contributed by atoms with Crippen LogP contribution in [0, 0.1) is 5.92 Å². The highest BCUT2D eigenvalue weighted by molar-refractivity contribution is 4.83. The van der Waals surface area contributed by atoms with Gasteiger partial charge in [-0.2, -0.15) is 0 Å². The van der Waals surface area contributed by atoms with E-state index in [4.69, 9.17) is 0 Å². The zero-order valence-electron chi connectivity index (χ0n) is 14.6. The highest BCUT2D eigenvalue weighted by atomic mass is 16.3. The average Bonchev–Trinajstić information content (AvgIpc) is 2.72. The van der Waals surface area contributed by atoms with Crippen LogP contribution in [0.25, 0.3) is 0 Å².